The van der Waals surface area contributed by atoms with Crippen LogP contribution in [-0.2, 0) is 11.2 Å². The predicted molar refractivity (Wildman–Crippen MR) is 79.5 cm³/mol. The third-order valence-corrected chi connectivity index (χ3v) is 3.16. The fourth-order valence-electron chi connectivity index (χ4n) is 1.94. The zero-order valence-corrected chi connectivity index (χ0v) is 11.9. The molecule has 1 aromatic heterocycles. The SMILES string of the molecule is CC(CCc1ccco1)NCC(=O)Nc1ccccc1F. The number of rotatable bonds is 7. The van der Waals surface area contributed by atoms with Crippen molar-refractivity contribution in [1.29, 1.82) is 0 Å². The molecule has 1 amide bonds. The molecule has 0 saturated carbocycles. The second kappa shape index (κ2) is 7.59. The minimum absolute atomic E-state index is 0.146. The van der Waals surface area contributed by atoms with Gasteiger partial charge in [-0.15, -0.1) is 0 Å². The van der Waals surface area contributed by atoms with Crippen LogP contribution >= 0.6 is 0 Å². The summed E-state index contributed by atoms with van der Waals surface area (Å²) in [6.45, 7) is 2.15. The summed E-state index contributed by atoms with van der Waals surface area (Å²) in [6, 6.07) is 10.1. The lowest BCUT2D eigenvalue weighted by Gasteiger charge is -2.13. The minimum Gasteiger partial charge on any atom is -0.469 e. The maximum absolute atomic E-state index is 13.4. The number of para-hydroxylation sites is 1. The van der Waals surface area contributed by atoms with Crippen molar-refractivity contribution in [2.24, 2.45) is 0 Å². The molecule has 5 heteroatoms. The number of carbonyl (C=O) groups excluding carboxylic acids is 1. The van der Waals surface area contributed by atoms with Crippen LogP contribution < -0.4 is 10.6 Å². The molecule has 0 saturated heterocycles. The number of amides is 1. The van der Waals surface area contributed by atoms with Crippen LogP contribution in [0.2, 0.25) is 0 Å². The molecule has 1 aromatic carbocycles. The van der Waals surface area contributed by atoms with E-state index >= 15 is 0 Å². The molecule has 21 heavy (non-hydrogen) atoms. The molecule has 4 nitrogen and oxygen atoms in total. The highest BCUT2D eigenvalue weighted by molar-refractivity contribution is 5.92. The molecular weight excluding hydrogens is 271 g/mol. The number of anilines is 1. The van der Waals surface area contributed by atoms with Crippen molar-refractivity contribution >= 4 is 11.6 Å². The van der Waals surface area contributed by atoms with E-state index < -0.39 is 5.82 Å². The molecule has 2 aromatic rings. The van der Waals surface area contributed by atoms with E-state index in [1.807, 2.05) is 19.1 Å². The Labute approximate surface area is 123 Å². The molecule has 0 aliphatic rings. The number of nitrogens with one attached hydrogen (secondary N) is 2. The van der Waals surface area contributed by atoms with Crippen LogP contribution in [0.3, 0.4) is 0 Å². The predicted octanol–water partition coefficient (Wildman–Crippen LogP) is 2.97. The van der Waals surface area contributed by atoms with Gasteiger partial charge in [0.05, 0.1) is 18.5 Å². The largest absolute Gasteiger partial charge is 0.469 e. The number of hydrogen-bond donors (Lipinski definition) is 2. The molecule has 0 spiro atoms. The Morgan fingerprint density at radius 3 is 2.81 bits per heavy atom. The monoisotopic (exact) mass is 290 g/mol. The topological polar surface area (TPSA) is 54.3 Å². The molecule has 0 bridgehead atoms. The molecule has 112 valence electrons. The second-order valence-electron chi connectivity index (χ2n) is 4.93. The van der Waals surface area contributed by atoms with E-state index in [0.717, 1.165) is 18.6 Å². The van der Waals surface area contributed by atoms with Crippen molar-refractivity contribution < 1.29 is 13.6 Å². The molecule has 2 rings (SSSR count). The summed E-state index contributed by atoms with van der Waals surface area (Å²) in [5.41, 5.74) is 0.201. The maximum Gasteiger partial charge on any atom is 0.238 e. The Balaban J connectivity index is 1.70. The standard InChI is InChI=1S/C16H19FN2O2/c1-12(8-9-13-5-4-10-21-13)18-11-16(20)19-15-7-3-2-6-14(15)17/h2-7,10,12,18H,8-9,11H2,1H3,(H,19,20). The summed E-state index contributed by atoms with van der Waals surface area (Å²) < 4.78 is 18.6. The van der Waals surface area contributed by atoms with E-state index in [-0.39, 0.29) is 24.2 Å². The van der Waals surface area contributed by atoms with E-state index in [2.05, 4.69) is 10.6 Å². The van der Waals surface area contributed by atoms with E-state index in [4.69, 9.17) is 4.42 Å². The van der Waals surface area contributed by atoms with Crippen LogP contribution in [0, 0.1) is 5.82 Å². The van der Waals surface area contributed by atoms with Crippen molar-refractivity contribution in [3.63, 3.8) is 0 Å². The fraction of sp³-hybridized carbons (Fsp3) is 0.312. The highest BCUT2D eigenvalue weighted by Gasteiger charge is 2.09. The van der Waals surface area contributed by atoms with E-state index in [1.165, 1.54) is 12.1 Å². The quantitative estimate of drug-likeness (QED) is 0.824. The summed E-state index contributed by atoms with van der Waals surface area (Å²) in [5, 5.41) is 5.65. The second-order valence-corrected chi connectivity index (χ2v) is 4.93. The minimum atomic E-state index is -0.434. The lowest BCUT2D eigenvalue weighted by molar-refractivity contribution is -0.115. The lowest BCUT2D eigenvalue weighted by atomic mass is 10.1. The summed E-state index contributed by atoms with van der Waals surface area (Å²) in [4.78, 5) is 11.7. The molecular formula is C16H19FN2O2. The summed E-state index contributed by atoms with van der Waals surface area (Å²) in [6.07, 6.45) is 3.33. The highest BCUT2D eigenvalue weighted by atomic mass is 19.1. The summed E-state index contributed by atoms with van der Waals surface area (Å²) >= 11 is 0. The van der Waals surface area contributed by atoms with Gasteiger partial charge in [0, 0.05) is 12.5 Å². The van der Waals surface area contributed by atoms with Crippen LogP contribution in [0.5, 0.6) is 0 Å². The van der Waals surface area contributed by atoms with Gasteiger partial charge in [-0.25, -0.2) is 4.39 Å². The zero-order valence-electron chi connectivity index (χ0n) is 11.9. The number of furan rings is 1. The van der Waals surface area contributed by atoms with Crippen molar-refractivity contribution in [3.05, 3.63) is 54.2 Å². The van der Waals surface area contributed by atoms with Crippen LogP contribution in [-0.4, -0.2) is 18.5 Å². The lowest BCUT2D eigenvalue weighted by Crippen LogP contribution is -2.34. The Hall–Kier alpha value is -2.14. The van der Waals surface area contributed by atoms with Crippen LogP contribution in [0.1, 0.15) is 19.1 Å². The number of hydrogen-bond acceptors (Lipinski definition) is 3. The van der Waals surface area contributed by atoms with Crippen molar-refractivity contribution in [1.82, 2.24) is 5.32 Å². The van der Waals surface area contributed by atoms with Gasteiger partial charge < -0.3 is 15.1 Å². The third kappa shape index (κ3) is 5.04. The Morgan fingerprint density at radius 1 is 1.29 bits per heavy atom. The molecule has 1 heterocycles. The van der Waals surface area contributed by atoms with Crippen molar-refractivity contribution in [2.45, 2.75) is 25.8 Å². The zero-order chi connectivity index (χ0) is 15.1. The Bertz CT molecular complexity index is 569. The number of benzene rings is 1. The smallest absolute Gasteiger partial charge is 0.238 e. The van der Waals surface area contributed by atoms with Gasteiger partial charge in [0.25, 0.3) is 0 Å². The molecule has 0 radical (unpaired) electrons. The van der Waals surface area contributed by atoms with E-state index in [9.17, 15) is 9.18 Å². The number of carbonyl (C=O) groups is 1. The van der Waals surface area contributed by atoms with Gasteiger partial charge in [-0.3, -0.25) is 4.79 Å². The third-order valence-electron chi connectivity index (χ3n) is 3.16. The molecule has 0 aliphatic heterocycles. The maximum atomic E-state index is 13.4. The molecule has 0 fully saturated rings. The molecule has 1 unspecified atom stereocenters. The highest BCUT2D eigenvalue weighted by Crippen LogP contribution is 2.11. The van der Waals surface area contributed by atoms with Crippen molar-refractivity contribution in [2.75, 3.05) is 11.9 Å². The van der Waals surface area contributed by atoms with Gasteiger partial charge in [0.1, 0.15) is 11.6 Å². The Morgan fingerprint density at radius 2 is 2.10 bits per heavy atom. The number of halogens is 1. The first-order valence-electron chi connectivity index (χ1n) is 6.95. The molecule has 1 atom stereocenters. The summed E-state index contributed by atoms with van der Waals surface area (Å²) in [5.74, 6) is 0.237. The van der Waals surface area contributed by atoms with Crippen LogP contribution in [0.15, 0.2) is 47.1 Å². The van der Waals surface area contributed by atoms with Crippen LogP contribution in [0.25, 0.3) is 0 Å². The van der Waals surface area contributed by atoms with Gasteiger partial charge in [-0.05, 0) is 37.6 Å². The van der Waals surface area contributed by atoms with Gasteiger partial charge >= 0.3 is 0 Å². The average molecular weight is 290 g/mol. The first-order chi connectivity index (χ1) is 10.1. The van der Waals surface area contributed by atoms with E-state index in [1.54, 1.807) is 18.4 Å². The number of aryl methyl sites for hydroxylation is 1. The first-order valence-corrected chi connectivity index (χ1v) is 6.95. The average Bonchev–Trinajstić information content (AvgIpc) is 2.99. The van der Waals surface area contributed by atoms with Crippen LogP contribution in [0.4, 0.5) is 10.1 Å². The van der Waals surface area contributed by atoms with Gasteiger partial charge in [0.2, 0.25) is 5.91 Å². The first kappa shape index (κ1) is 15.3. The van der Waals surface area contributed by atoms with E-state index in [0.29, 0.717) is 0 Å². The normalized spacial score (nSPS) is 12.1. The van der Waals surface area contributed by atoms with Gasteiger partial charge in [-0.1, -0.05) is 12.1 Å². The fourth-order valence-corrected chi connectivity index (χ4v) is 1.94. The molecule has 0 aliphatic carbocycles. The van der Waals surface area contributed by atoms with Gasteiger partial charge in [-0.2, -0.15) is 0 Å². The summed E-state index contributed by atoms with van der Waals surface area (Å²) in [7, 11) is 0. The Kier molecular flexibility index (Phi) is 5.51. The van der Waals surface area contributed by atoms with Gasteiger partial charge in [0.15, 0.2) is 0 Å². The van der Waals surface area contributed by atoms with Crippen molar-refractivity contribution in [3.8, 4) is 0 Å². The molecule has 2 N–H and O–H groups in total.